The van der Waals surface area contributed by atoms with E-state index in [1.54, 1.807) is 0 Å². The minimum absolute atomic E-state index is 0.120. The number of carbonyl (C=O) groups is 1. The molecule has 2 aliphatic rings. The summed E-state index contributed by atoms with van der Waals surface area (Å²) in [4.78, 5) is 19.2. The van der Waals surface area contributed by atoms with Crippen molar-refractivity contribution >= 4 is 18.1 Å². The number of benzene rings is 1. The molecule has 4 rings (SSSR count). The van der Waals surface area contributed by atoms with Crippen LogP contribution in [-0.4, -0.2) is 46.6 Å². The molecule has 0 radical (unpaired) electrons. The van der Waals surface area contributed by atoms with Crippen LogP contribution in [0.1, 0.15) is 31.9 Å². The lowest BCUT2D eigenvalue weighted by Crippen LogP contribution is -2.17. The van der Waals surface area contributed by atoms with Gasteiger partial charge in [0.1, 0.15) is 5.60 Å². The Hall–Kier alpha value is -2.72. The predicted molar refractivity (Wildman–Crippen MR) is 103 cm³/mol. The van der Waals surface area contributed by atoms with Gasteiger partial charge in [0.05, 0.1) is 12.2 Å². The molecular formula is C20H23F3N4O3. The highest BCUT2D eigenvalue weighted by atomic mass is 19.4. The van der Waals surface area contributed by atoms with E-state index in [-0.39, 0.29) is 17.3 Å². The molecule has 0 aliphatic carbocycles. The van der Waals surface area contributed by atoms with Crippen molar-refractivity contribution in [2.24, 2.45) is 0 Å². The minimum Gasteiger partial charge on any atom is -0.462 e. The number of nitrogens with one attached hydrogen (secondary N) is 1. The van der Waals surface area contributed by atoms with Crippen molar-refractivity contribution in [2.45, 2.75) is 38.3 Å². The lowest BCUT2D eigenvalue weighted by molar-refractivity contribution is -0.139. The molecular weight excluding hydrogens is 401 g/mol. The van der Waals surface area contributed by atoms with E-state index in [1.807, 2.05) is 45.0 Å². The van der Waals surface area contributed by atoms with Gasteiger partial charge in [-0.15, -0.1) is 0 Å². The number of alkyl halides is 3. The second-order valence-electron chi connectivity index (χ2n) is 7.88. The molecule has 2 saturated heterocycles. The fraction of sp³-hybridized carbons (Fsp3) is 0.450. The molecule has 2 aliphatic heterocycles. The third-order valence-corrected chi connectivity index (χ3v) is 4.49. The van der Waals surface area contributed by atoms with E-state index in [9.17, 15) is 18.0 Å². The highest BCUT2D eigenvalue weighted by molar-refractivity contribution is 5.54. The summed E-state index contributed by atoms with van der Waals surface area (Å²) in [5.74, 6) is 0.120. The first-order valence-electron chi connectivity index (χ1n) is 9.31. The molecule has 0 amide bonds. The third kappa shape index (κ3) is 5.25. The van der Waals surface area contributed by atoms with E-state index in [4.69, 9.17) is 4.74 Å². The Balaban J connectivity index is 0.000000318. The van der Waals surface area contributed by atoms with Crippen molar-refractivity contribution in [1.29, 1.82) is 0 Å². The molecule has 2 unspecified atom stereocenters. The number of morpholine rings is 1. The van der Waals surface area contributed by atoms with Gasteiger partial charge >= 0.3 is 6.18 Å². The van der Waals surface area contributed by atoms with Crippen LogP contribution in [-0.2, 0) is 26.2 Å². The first kappa shape index (κ1) is 22.0. The van der Waals surface area contributed by atoms with Crippen LogP contribution >= 0.6 is 0 Å². The summed E-state index contributed by atoms with van der Waals surface area (Å²) in [6.45, 7) is 8.50. The molecule has 7 nitrogen and oxygen atoms in total. The molecule has 1 N–H and O–H groups in total. The number of anilines is 2. The largest absolute Gasteiger partial charge is 0.462 e. The zero-order chi connectivity index (χ0) is 22.0. The lowest BCUT2D eigenvalue weighted by Gasteiger charge is -2.14. The summed E-state index contributed by atoms with van der Waals surface area (Å²) < 4.78 is 47.7. The van der Waals surface area contributed by atoms with Crippen molar-refractivity contribution in [3.8, 4) is 0 Å². The van der Waals surface area contributed by atoms with E-state index >= 15 is 0 Å². The molecule has 30 heavy (non-hydrogen) atoms. The molecule has 2 aromatic rings. The number of ether oxygens (including phenoxy) is 2. The van der Waals surface area contributed by atoms with Gasteiger partial charge in [0, 0.05) is 36.7 Å². The van der Waals surface area contributed by atoms with E-state index in [1.165, 1.54) is 0 Å². The maximum Gasteiger partial charge on any atom is 0.419 e. The van der Waals surface area contributed by atoms with Gasteiger partial charge in [-0.2, -0.15) is 13.2 Å². The number of fused-ring (bicyclic) bond motifs is 1. The molecule has 3 heterocycles. The van der Waals surface area contributed by atoms with E-state index in [0.717, 1.165) is 37.7 Å². The number of halogens is 3. The molecule has 2 fully saturated rings. The highest BCUT2D eigenvalue weighted by Crippen LogP contribution is 2.47. The Bertz CT molecular complexity index is 867. The maximum absolute atomic E-state index is 12.5. The summed E-state index contributed by atoms with van der Waals surface area (Å²) in [7, 11) is 0. The van der Waals surface area contributed by atoms with Gasteiger partial charge < -0.3 is 14.8 Å². The van der Waals surface area contributed by atoms with E-state index in [0.29, 0.717) is 12.2 Å². The molecule has 162 valence electrons. The number of hydrogen-bond acceptors (Lipinski definition) is 7. The van der Waals surface area contributed by atoms with E-state index in [2.05, 4.69) is 24.9 Å². The summed E-state index contributed by atoms with van der Waals surface area (Å²) in [5, 5.41) is 2.88. The van der Waals surface area contributed by atoms with Gasteiger partial charge in [-0.25, -0.2) is 9.97 Å². The fourth-order valence-corrected chi connectivity index (χ4v) is 2.93. The normalized spacial score (nSPS) is 22.4. The topological polar surface area (TPSA) is 76.3 Å². The monoisotopic (exact) mass is 424 g/mol. The number of hydrogen-bond donors (Lipinski definition) is 1. The molecule has 2 atom stereocenters. The third-order valence-electron chi connectivity index (χ3n) is 4.49. The number of aromatic nitrogens is 2. The van der Waals surface area contributed by atoms with Gasteiger partial charge in [-0.05, 0) is 32.9 Å². The second-order valence-corrected chi connectivity index (χ2v) is 7.88. The van der Waals surface area contributed by atoms with Crippen molar-refractivity contribution in [3.05, 3.63) is 47.8 Å². The first-order valence-corrected chi connectivity index (χ1v) is 9.31. The molecule has 1 aromatic heterocycles. The predicted octanol–water partition coefficient (Wildman–Crippen LogP) is 3.70. The average Bonchev–Trinajstić information content (AvgIpc) is 3.22. The second kappa shape index (κ2) is 8.19. The van der Waals surface area contributed by atoms with Crippen LogP contribution in [0.25, 0.3) is 0 Å². The SMILES string of the molecule is CC(C)(C)OC=O.FC(F)(F)c1cnc(Nc2ccc(C34CN3CCO4)cc2)nc1. The van der Waals surface area contributed by atoms with Crippen molar-refractivity contribution in [2.75, 3.05) is 25.0 Å². The van der Waals surface area contributed by atoms with Crippen LogP contribution in [0.5, 0.6) is 0 Å². The molecule has 0 spiro atoms. The van der Waals surface area contributed by atoms with Crippen LogP contribution in [0.15, 0.2) is 36.7 Å². The minimum atomic E-state index is -4.43. The van der Waals surface area contributed by atoms with Crippen molar-refractivity contribution < 1.29 is 27.4 Å². The maximum atomic E-state index is 12.5. The fourth-order valence-electron chi connectivity index (χ4n) is 2.93. The number of carbonyl (C=O) groups excluding carboxylic acids is 1. The first-order chi connectivity index (χ1) is 14.0. The zero-order valence-electron chi connectivity index (χ0n) is 16.9. The Morgan fingerprint density at radius 2 is 1.80 bits per heavy atom. The van der Waals surface area contributed by atoms with Crippen molar-refractivity contribution in [1.82, 2.24) is 14.9 Å². The average molecular weight is 424 g/mol. The van der Waals surface area contributed by atoms with Crippen molar-refractivity contribution in [3.63, 3.8) is 0 Å². The molecule has 10 heteroatoms. The molecule has 1 aromatic carbocycles. The van der Waals surface area contributed by atoms with Gasteiger partial charge in [-0.1, -0.05) is 12.1 Å². The summed E-state index contributed by atoms with van der Waals surface area (Å²) in [5.41, 5.74) is 0.333. The van der Waals surface area contributed by atoms with Crippen LogP contribution in [0.4, 0.5) is 24.8 Å². The number of rotatable bonds is 4. The lowest BCUT2D eigenvalue weighted by atomic mass is 10.1. The van der Waals surface area contributed by atoms with Crippen LogP contribution in [0, 0.1) is 0 Å². The number of nitrogens with zero attached hydrogens (tertiary/aromatic N) is 3. The van der Waals surface area contributed by atoms with Crippen LogP contribution in [0.2, 0.25) is 0 Å². The molecule has 0 saturated carbocycles. The summed E-state index contributed by atoms with van der Waals surface area (Å²) >= 11 is 0. The molecule has 0 bridgehead atoms. The quantitative estimate of drug-likeness (QED) is 0.593. The standard InChI is InChI=1S/C15H13F3N4O.C5H10O2/c16-15(17,18)11-7-19-13(20-8-11)21-12-3-1-10(2-4-12)14-9-22(14)5-6-23-14;1-5(2,3)7-4-6/h1-4,7-8H,5-6,9H2,(H,19,20,21);4H,1-3H3. The van der Waals surface area contributed by atoms with E-state index < -0.39 is 11.7 Å². The summed E-state index contributed by atoms with van der Waals surface area (Å²) in [6, 6.07) is 7.56. The smallest absolute Gasteiger partial charge is 0.419 e. The Morgan fingerprint density at radius 1 is 1.17 bits per heavy atom. The Morgan fingerprint density at radius 3 is 2.20 bits per heavy atom. The van der Waals surface area contributed by atoms with Crippen LogP contribution in [0.3, 0.4) is 0 Å². The zero-order valence-corrected chi connectivity index (χ0v) is 16.9. The summed E-state index contributed by atoms with van der Waals surface area (Å²) in [6.07, 6.45) is -2.91. The van der Waals surface area contributed by atoms with Gasteiger partial charge in [0.15, 0.2) is 5.72 Å². The Kier molecular flexibility index (Phi) is 6.00. The van der Waals surface area contributed by atoms with Gasteiger partial charge in [0.25, 0.3) is 6.47 Å². The highest BCUT2D eigenvalue weighted by Gasteiger charge is 2.58. The van der Waals surface area contributed by atoms with Gasteiger partial charge in [-0.3, -0.25) is 9.69 Å². The van der Waals surface area contributed by atoms with Gasteiger partial charge in [0.2, 0.25) is 5.95 Å². The Labute approximate surface area is 172 Å². The van der Waals surface area contributed by atoms with Crippen LogP contribution < -0.4 is 5.32 Å².